The van der Waals surface area contributed by atoms with Gasteiger partial charge in [-0.1, -0.05) is 18.2 Å². The molecule has 0 radical (unpaired) electrons. The topological polar surface area (TPSA) is 68.2 Å². The van der Waals surface area contributed by atoms with E-state index in [1.807, 2.05) is 42.5 Å². The number of ether oxygens (including phenoxy) is 3. The van der Waals surface area contributed by atoms with E-state index >= 15 is 0 Å². The lowest BCUT2D eigenvalue weighted by molar-refractivity contribution is 0.0514. The first kappa shape index (κ1) is 23.4. The summed E-state index contributed by atoms with van der Waals surface area (Å²) in [6.45, 7) is 7.19. The van der Waals surface area contributed by atoms with E-state index in [9.17, 15) is 10.2 Å². The van der Waals surface area contributed by atoms with E-state index in [-0.39, 0.29) is 20.0 Å². The van der Waals surface area contributed by atoms with Crippen LogP contribution in [0.4, 0.5) is 0 Å². The molecule has 2 aromatic carbocycles. The number of hydrogen-bond acceptors (Lipinski definition) is 5. The lowest BCUT2D eigenvalue weighted by atomic mass is 9.97. The minimum absolute atomic E-state index is 0.114. The average molecular weight is 510 g/mol. The first-order valence-electron chi connectivity index (χ1n) is 9.25. The lowest BCUT2D eigenvalue weighted by Crippen LogP contribution is -2.26. The van der Waals surface area contributed by atoms with Crippen molar-refractivity contribution < 1.29 is 24.4 Å². The van der Waals surface area contributed by atoms with Gasteiger partial charge in [0.25, 0.3) is 0 Å². The Morgan fingerprint density at radius 3 is 2.28 bits per heavy atom. The molecular formula is C23H27IO5. The predicted molar refractivity (Wildman–Crippen MR) is 123 cm³/mol. The maximum absolute atomic E-state index is 9.51. The van der Waals surface area contributed by atoms with Crippen LogP contribution in [-0.2, 0) is 17.6 Å². The van der Waals surface area contributed by atoms with E-state index in [4.69, 9.17) is 14.2 Å². The zero-order chi connectivity index (χ0) is 21.2. The summed E-state index contributed by atoms with van der Waals surface area (Å²) in [5.74, 6) is 1.24. The molecule has 0 aliphatic heterocycles. The highest BCUT2D eigenvalue weighted by Gasteiger charge is 2.20. The molecule has 0 bridgehead atoms. The van der Waals surface area contributed by atoms with Crippen molar-refractivity contribution in [2.75, 3.05) is 27.1 Å². The molecule has 0 fully saturated rings. The molecule has 2 N–H and O–H groups in total. The summed E-state index contributed by atoms with van der Waals surface area (Å²) in [7, 11) is 1.57. The Hall–Kier alpha value is -1.87. The van der Waals surface area contributed by atoms with Gasteiger partial charge in [-0.25, -0.2) is 0 Å². The molecule has 0 heterocycles. The maximum atomic E-state index is 9.51. The highest BCUT2D eigenvalue weighted by atomic mass is 127. The molecule has 0 unspecified atom stereocenters. The van der Waals surface area contributed by atoms with Crippen molar-refractivity contribution in [2.24, 2.45) is 0 Å². The third kappa shape index (κ3) is 6.30. The first-order chi connectivity index (χ1) is 14.1. The molecule has 0 aliphatic carbocycles. The molecule has 0 saturated heterocycles. The molecule has 2 aromatic rings. The number of aliphatic hydroxyl groups excluding tert-OH is 2. The van der Waals surface area contributed by atoms with Gasteiger partial charge in [-0.15, -0.1) is 13.2 Å². The van der Waals surface area contributed by atoms with Crippen LogP contribution in [0.5, 0.6) is 11.5 Å². The summed E-state index contributed by atoms with van der Waals surface area (Å²) in [6.07, 6.45) is 4.39. The Bertz CT molecular complexity index is 830. The van der Waals surface area contributed by atoms with E-state index < -0.39 is 6.10 Å². The van der Waals surface area contributed by atoms with Gasteiger partial charge in [0, 0.05) is 18.2 Å². The van der Waals surface area contributed by atoms with Crippen LogP contribution >= 0.6 is 22.6 Å². The predicted octanol–water partition coefficient (Wildman–Crippen LogP) is 4.13. The smallest absolute Gasteiger partial charge is 0.188 e. The third-order valence-electron chi connectivity index (χ3n) is 4.22. The number of rotatable bonds is 12. The SMILES string of the molecule is C=CCc1ccc(OCOC)c(-c2cc(CC=C)cc(I)c2OC(CO)CO)c1. The van der Waals surface area contributed by atoms with Crippen LogP contribution in [0, 0.1) is 3.57 Å². The second-order valence-corrected chi connectivity index (χ2v) is 7.59. The third-order valence-corrected chi connectivity index (χ3v) is 5.02. The Balaban J connectivity index is 2.69. The fourth-order valence-electron chi connectivity index (χ4n) is 2.88. The fraction of sp³-hybridized carbons (Fsp3) is 0.304. The minimum Gasteiger partial charge on any atom is -0.484 e. The standard InChI is InChI=1S/C23H27IO5/c1-4-6-16-8-9-22(28-15-27-3)19(10-16)20-11-17(7-5-2)12-21(24)23(20)29-18(13-25)14-26/h4-5,8-12,18,25-26H,1-2,6-7,13-15H2,3H3. The Kier molecular flexibility index (Phi) is 9.66. The summed E-state index contributed by atoms with van der Waals surface area (Å²) in [6, 6.07) is 9.96. The molecule has 6 heteroatoms. The number of benzene rings is 2. The van der Waals surface area contributed by atoms with E-state index in [1.165, 1.54) is 0 Å². The van der Waals surface area contributed by atoms with Crippen molar-refractivity contribution in [2.45, 2.75) is 18.9 Å². The van der Waals surface area contributed by atoms with Crippen molar-refractivity contribution in [1.29, 1.82) is 0 Å². The van der Waals surface area contributed by atoms with E-state index in [2.05, 4.69) is 35.7 Å². The zero-order valence-corrected chi connectivity index (χ0v) is 18.7. The van der Waals surface area contributed by atoms with Gasteiger partial charge in [0.15, 0.2) is 6.79 Å². The summed E-state index contributed by atoms with van der Waals surface area (Å²) in [5, 5.41) is 19.0. The maximum Gasteiger partial charge on any atom is 0.188 e. The first-order valence-corrected chi connectivity index (χ1v) is 10.3. The highest BCUT2D eigenvalue weighted by molar-refractivity contribution is 14.1. The molecule has 0 atom stereocenters. The quantitative estimate of drug-likeness (QED) is 0.256. The number of halogens is 1. The van der Waals surface area contributed by atoms with Crippen LogP contribution < -0.4 is 9.47 Å². The normalized spacial score (nSPS) is 10.8. The average Bonchev–Trinajstić information content (AvgIpc) is 2.72. The number of methoxy groups -OCH3 is 1. The molecular weight excluding hydrogens is 483 g/mol. The number of hydrogen-bond donors (Lipinski definition) is 2. The van der Waals surface area contributed by atoms with Crippen LogP contribution in [-0.4, -0.2) is 43.4 Å². The number of aliphatic hydroxyl groups is 2. The van der Waals surface area contributed by atoms with Gasteiger partial charge >= 0.3 is 0 Å². The van der Waals surface area contributed by atoms with Gasteiger partial charge < -0.3 is 24.4 Å². The monoisotopic (exact) mass is 510 g/mol. The van der Waals surface area contributed by atoms with Crippen LogP contribution in [0.2, 0.25) is 0 Å². The Labute approximate surface area is 185 Å². The van der Waals surface area contributed by atoms with Crippen molar-refractivity contribution in [3.63, 3.8) is 0 Å². The summed E-state index contributed by atoms with van der Waals surface area (Å²) in [5.41, 5.74) is 3.81. The molecule has 156 valence electrons. The van der Waals surface area contributed by atoms with Gasteiger partial charge in [0.1, 0.15) is 17.6 Å². The van der Waals surface area contributed by atoms with Crippen LogP contribution in [0.25, 0.3) is 11.1 Å². The molecule has 0 aromatic heterocycles. The van der Waals surface area contributed by atoms with E-state index in [1.54, 1.807) is 7.11 Å². The van der Waals surface area contributed by atoms with Crippen molar-refractivity contribution in [3.8, 4) is 22.6 Å². The second kappa shape index (κ2) is 12.0. The van der Waals surface area contributed by atoms with Crippen LogP contribution in [0.15, 0.2) is 55.6 Å². The van der Waals surface area contributed by atoms with Crippen molar-refractivity contribution in [3.05, 3.63) is 70.3 Å². The van der Waals surface area contributed by atoms with Gasteiger partial charge in [-0.05, 0) is 70.8 Å². The molecule has 0 aliphatic rings. The summed E-state index contributed by atoms with van der Waals surface area (Å²) in [4.78, 5) is 0. The van der Waals surface area contributed by atoms with Gasteiger partial charge in [0.05, 0.1) is 16.8 Å². The van der Waals surface area contributed by atoms with Gasteiger partial charge in [-0.3, -0.25) is 0 Å². The van der Waals surface area contributed by atoms with E-state index in [0.29, 0.717) is 24.3 Å². The molecule has 5 nitrogen and oxygen atoms in total. The molecule has 0 spiro atoms. The molecule has 0 saturated carbocycles. The number of allylic oxidation sites excluding steroid dienone is 2. The molecule has 0 amide bonds. The molecule has 29 heavy (non-hydrogen) atoms. The van der Waals surface area contributed by atoms with E-state index in [0.717, 1.165) is 25.8 Å². The van der Waals surface area contributed by atoms with Gasteiger partial charge in [0.2, 0.25) is 0 Å². The Morgan fingerprint density at radius 1 is 1.00 bits per heavy atom. The van der Waals surface area contributed by atoms with Crippen LogP contribution in [0.1, 0.15) is 11.1 Å². The van der Waals surface area contributed by atoms with Crippen molar-refractivity contribution >= 4 is 22.6 Å². The summed E-state index contributed by atoms with van der Waals surface area (Å²) >= 11 is 2.21. The van der Waals surface area contributed by atoms with Crippen molar-refractivity contribution in [1.82, 2.24) is 0 Å². The minimum atomic E-state index is -0.716. The largest absolute Gasteiger partial charge is 0.484 e. The summed E-state index contributed by atoms with van der Waals surface area (Å²) < 4.78 is 17.7. The zero-order valence-electron chi connectivity index (χ0n) is 16.6. The van der Waals surface area contributed by atoms with Crippen LogP contribution in [0.3, 0.4) is 0 Å². The highest BCUT2D eigenvalue weighted by Crippen LogP contribution is 2.41. The second-order valence-electron chi connectivity index (χ2n) is 6.43. The Morgan fingerprint density at radius 2 is 1.66 bits per heavy atom. The lowest BCUT2D eigenvalue weighted by Gasteiger charge is -2.21. The van der Waals surface area contributed by atoms with Gasteiger partial charge in [-0.2, -0.15) is 0 Å². The fourth-order valence-corrected chi connectivity index (χ4v) is 3.70. The molecule has 2 rings (SSSR count).